The highest BCUT2D eigenvalue weighted by molar-refractivity contribution is 9.11. The lowest BCUT2D eigenvalue weighted by molar-refractivity contribution is 0.500. The van der Waals surface area contributed by atoms with Crippen molar-refractivity contribution in [2.75, 3.05) is 13.1 Å². The minimum absolute atomic E-state index is 0.355. The lowest BCUT2D eigenvalue weighted by Gasteiger charge is -2.25. The van der Waals surface area contributed by atoms with Crippen LogP contribution in [-0.4, -0.2) is 29.9 Å². The molecule has 0 saturated carbocycles. The van der Waals surface area contributed by atoms with Gasteiger partial charge in [0.05, 0.1) is 19.1 Å². The smallest absolute Gasteiger partial charge is 0.117 e. The zero-order valence-electron chi connectivity index (χ0n) is 6.57. The second-order valence-electron chi connectivity index (χ2n) is 2.78. The summed E-state index contributed by atoms with van der Waals surface area (Å²) in [7, 11) is 0. The monoisotopic (exact) mass is 227 g/mol. The number of halogens is 1. The summed E-state index contributed by atoms with van der Waals surface area (Å²) in [5.74, 6) is 0.973. The van der Waals surface area contributed by atoms with Crippen molar-refractivity contribution in [2.24, 2.45) is 10.7 Å². The van der Waals surface area contributed by atoms with Crippen molar-refractivity contribution in [1.29, 1.82) is 0 Å². The van der Waals surface area contributed by atoms with Gasteiger partial charge in [-0.05, 0) is 12.2 Å². The lowest BCUT2D eigenvalue weighted by Crippen LogP contribution is -2.36. The standard InChI is InChI=1S/C8H10BrN3/c9-6-2-1-3-12-7(6)5-11-8(12)4-10/h1-3,7H,4-5,10H2. The highest BCUT2D eigenvalue weighted by Crippen LogP contribution is 2.25. The summed E-state index contributed by atoms with van der Waals surface area (Å²) in [6.45, 7) is 1.33. The molecule has 0 aromatic heterocycles. The van der Waals surface area contributed by atoms with Crippen LogP contribution in [0.2, 0.25) is 0 Å². The maximum Gasteiger partial charge on any atom is 0.117 e. The van der Waals surface area contributed by atoms with Gasteiger partial charge in [0.1, 0.15) is 5.84 Å². The van der Waals surface area contributed by atoms with Gasteiger partial charge in [-0.3, -0.25) is 4.99 Å². The maximum absolute atomic E-state index is 5.55. The molecule has 0 aliphatic carbocycles. The number of allylic oxidation sites excluding steroid dienone is 2. The van der Waals surface area contributed by atoms with Crippen LogP contribution in [0.25, 0.3) is 0 Å². The average Bonchev–Trinajstić information content (AvgIpc) is 2.49. The molecule has 1 unspecified atom stereocenters. The summed E-state index contributed by atoms with van der Waals surface area (Å²) in [6.07, 6.45) is 6.07. The Hall–Kier alpha value is -0.610. The molecule has 2 rings (SSSR count). The first-order chi connectivity index (χ1) is 5.83. The van der Waals surface area contributed by atoms with Crippen LogP contribution in [0.1, 0.15) is 0 Å². The van der Waals surface area contributed by atoms with E-state index < -0.39 is 0 Å². The highest BCUT2D eigenvalue weighted by Gasteiger charge is 2.28. The van der Waals surface area contributed by atoms with E-state index in [1.54, 1.807) is 0 Å². The van der Waals surface area contributed by atoms with Crippen molar-refractivity contribution in [3.05, 3.63) is 22.8 Å². The van der Waals surface area contributed by atoms with Gasteiger partial charge in [0.2, 0.25) is 0 Å². The van der Waals surface area contributed by atoms with Gasteiger partial charge in [-0.15, -0.1) is 0 Å². The van der Waals surface area contributed by atoms with E-state index >= 15 is 0 Å². The van der Waals surface area contributed by atoms with Gasteiger partial charge in [0, 0.05) is 10.7 Å². The van der Waals surface area contributed by atoms with E-state index in [0.717, 1.165) is 12.4 Å². The number of hydrogen-bond acceptors (Lipinski definition) is 3. The molecule has 4 heteroatoms. The van der Waals surface area contributed by atoms with Crippen molar-refractivity contribution < 1.29 is 0 Å². The third-order valence-corrected chi connectivity index (χ3v) is 2.88. The molecule has 2 N–H and O–H groups in total. The Morgan fingerprint density at radius 1 is 1.75 bits per heavy atom. The number of aliphatic imine (C=N–C) groups is 1. The molecule has 0 radical (unpaired) electrons. The number of hydrogen-bond donors (Lipinski definition) is 1. The summed E-state index contributed by atoms with van der Waals surface area (Å²) in [5.41, 5.74) is 5.55. The topological polar surface area (TPSA) is 41.6 Å². The lowest BCUT2D eigenvalue weighted by atomic mass is 10.2. The van der Waals surface area contributed by atoms with Gasteiger partial charge in [-0.1, -0.05) is 15.9 Å². The molecule has 64 valence electrons. The van der Waals surface area contributed by atoms with E-state index in [2.05, 4.69) is 31.9 Å². The molecule has 12 heavy (non-hydrogen) atoms. The van der Waals surface area contributed by atoms with E-state index in [4.69, 9.17) is 5.73 Å². The van der Waals surface area contributed by atoms with Crippen LogP contribution in [-0.2, 0) is 0 Å². The molecular formula is C8H10BrN3. The molecule has 0 saturated heterocycles. The highest BCUT2D eigenvalue weighted by atomic mass is 79.9. The van der Waals surface area contributed by atoms with Crippen LogP contribution in [0.4, 0.5) is 0 Å². The predicted octanol–water partition coefficient (Wildman–Crippen LogP) is 0.834. The Bertz CT molecular complexity index is 280. The third-order valence-electron chi connectivity index (χ3n) is 2.08. The molecule has 1 atom stereocenters. The Kier molecular flexibility index (Phi) is 2.02. The minimum atomic E-state index is 0.355. The quantitative estimate of drug-likeness (QED) is 0.722. The van der Waals surface area contributed by atoms with E-state index in [9.17, 15) is 0 Å². The van der Waals surface area contributed by atoms with Gasteiger partial charge in [0.15, 0.2) is 0 Å². The maximum atomic E-state index is 5.55. The predicted molar refractivity (Wildman–Crippen MR) is 53.1 cm³/mol. The molecule has 2 aliphatic heterocycles. The summed E-state index contributed by atoms with van der Waals surface area (Å²) >= 11 is 3.51. The second kappa shape index (κ2) is 3.03. The third kappa shape index (κ3) is 1.11. The number of amidine groups is 1. The van der Waals surface area contributed by atoms with E-state index in [1.807, 2.05) is 12.3 Å². The van der Waals surface area contributed by atoms with Crippen LogP contribution >= 0.6 is 15.9 Å². The molecule has 0 bridgehead atoms. The Balaban J connectivity index is 2.24. The van der Waals surface area contributed by atoms with Crippen LogP contribution < -0.4 is 5.73 Å². The molecule has 2 aliphatic rings. The van der Waals surface area contributed by atoms with Crippen molar-refractivity contribution >= 4 is 21.8 Å². The number of fused-ring (bicyclic) bond motifs is 1. The fraction of sp³-hybridized carbons (Fsp3) is 0.375. The van der Waals surface area contributed by atoms with E-state index in [-0.39, 0.29) is 0 Å². The Labute approximate surface area is 79.8 Å². The van der Waals surface area contributed by atoms with Crippen LogP contribution in [0.5, 0.6) is 0 Å². The Morgan fingerprint density at radius 3 is 3.33 bits per heavy atom. The van der Waals surface area contributed by atoms with Gasteiger partial charge in [-0.25, -0.2) is 0 Å². The van der Waals surface area contributed by atoms with Gasteiger partial charge in [0.25, 0.3) is 0 Å². The fourth-order valence-electron chi connectivity index (χ4n) is 1.46. The first kappa shape index (κ1) is 8.01. The summed E-state index contributed by atoms with van der Waals surface area (Å²) < 4.78 is 1.18. The zero-order chi connectivity index (χ0) is 8.55. The molecule has 0 aromatic rings. The SMILES string of the molecule is NCC1=NCC2C(Br)=CC=CN12. The average molecular weight is 228 g/mol. The number of nitrogens with zero attached hydrogens (tertiary/aromatic N) is 2. The molecule has 0 fully saturated rings. The first-order valence-corrected chi connectivity index (χ1v) is 4.68. The normalized spacial score (nSPS) is 26.8. The minimum Gasteiger partial charge on any atom is -0.326 e. The molecule has 0 aromatic carbocycles. The van der Waals surface area contributed by atoms with Crippen LogP contribution in [0.3, 0.4) is 0 Å². The number of rotatable bonds is 1. The van der Waals surface area contributed by atoms with Gasteiger partial charge in [-0.2, -0.15) is 0 Å². The first-order valence-electron chi connectivity index (χ1n) is 3.88. The van der Waals surface area contributed by atoms with Crippen LogP contribution in [0, 0.1) is 0 Å². The van der Waals surface area contributed by atoms with E-state index in [0.29, 0.717) is 12.6 Å². The van der Waals surface area contributed by atoms with Crippen molar-refractivity contribution in [2.45, 2.75) is 6.04 Å². The van der Waals surface area contributed by atoms with Crippen LogP contribution in [0.15, 0.2) is 27.8 Å². The summed E-state index contributed by atoms with van der Waals surface area (Å²) in [5, 5.41) is 0. The molecule has 0 spiro atoms. The molecule has 0 amide bonds. The van der Waals surface area contributed by atoms with Crippen molar-refractivity contribution in [3.63, 3.8) is 0 Å². The van der Waals surface area contributed by atoms with E-state index in [1.165, 1.54) is 4.48 Å². The van der Waals surface area contributed by atoms with Gasteiger partial charge >= 0.3 is 0 Å². The zero-order valence-corrected chi connectivity index (χ0v) is 8.16. The Morgan fingerprint density at radius 2 is 2.58 bits per heavy atom. The molecule has 2 heterocycles. The summed E-state index contributed by atoms with van der Waals surface area (Å²) in [4.78, 5) is 6.46. The van der Waals surface area contributed by atoms with Crippen molar-refractivity contribution in [3.8, 4) is 0 Å². The summed E-state index contributed by atoms with van der Waals surface area (Å²) in [6, 6.07) is 0.355. The van der Waals surface area contributed by atoms with Gasteiger partial charge < -0.3 is 10.6 Å². The fourth-order valence-corrected chi connectivity index (χ4v) is 1.98. The van der Waals surface area contributed by atoms with Crippen molar-refractivity contribution in [1.82, 2.24) is 4.90 Å². The largest absolute Gasteiger partial charge is 0.326 e. The molecule has 3 nitrogen and oxygen atoms in total. The molecular weight excluding hydrogens is 218 g/mol. The number of nitrogens with two attached hydrogens (primary N) is 1. The second-order valence-corrected chi connectivity index (χ2v) is 3.69.